The van der Waals surface area contributed by atoms with E-state index >= 15 is 0 Å². The van der Waals surface area contributed by atoms with Crippen molar-refractivity contribution in [1.29, 1.82) is 0 Å². The topological polar surface area (TPSA) is 77.1 Å². The Morgan fingerprint density at radius 2 is 1.97 bits per heavy atom. The van der Waals surface area contributed by atoms with Crippen LogP contribution in [0.3, 0.4) is 0 Å². The van der Waals surface area contributed by atoms with E-state index in [1.54, 1.807) is 0 Å². The van der Waals surface area contributed by atoms with E-state index in [1.807, 2.05) is 17.0 Å². The van der Waals surface area contributed by atoms with Gasteiger partial charge in [-0.1, -0.05) is 12.1 Å². The molecular weight excluding hydrogens is 396 g/mol. The second kappa shape index (κ2) is 8.43. The number of nitrogens with one attached hydrogen (secondary N) is 1. The highest BCUT2D eigenvalue weighted by molar-refractivity contribution is 5.81. The first-order valence-electron chi connectivity index (χ1n) is 11.6. The standard InChI is InChI=1S/C24H32N2O5/c1-16-4-2-5-19-23(16)17-6-8-18(9-7-17)30-12-20-24(15-29-13-21(27)25-24)10-3-11-26(20)22(28)14-31-19/h2,4-5,17-18,20H,3,6-15H2,1H3,(H,25,27)/t17-,18+,20-,24+/m0/s1. The first-order valence-corrected chi connectivity index (χ1v) is 11.6. The van der Waals surface area contributed by atoms with Gasteiger partial charge in [0.1, 0.15) is 12.4 Å². The van der Waals surface area contributed by atoms with E-state index < -0.39 is 5.54 Å². The van der Waals surface area contributed by atoms with E-state index in [9.17, 15) is 9.59 Å². The van der Waals surface area contributed by atoms with Crippen molar-refractivity contribution in [2.45, 2.75) is 69.1 Å². The summed E-state index contributed by atoms with van der Waals surface area (Å²) < 4.78 is 18.2. The van der Waals surface area contributed by atoms with Crippen LogP contribution < -0.4 is 10.1 Å². The molecule has 4 heterocycles. The number of aryl methyl sites for hydroxylation is 1. The molecule has 0 radical (unpaired) electrons. The predicted molar refractivity (Wildman–Crippen MR) is 114 cm³/mol. The van der Waals surface area contributed by atoms with Crippen LogP contribution in [0, 0.1) is 6.92 Å². The van der Waals surface area contributed by atoms with Crippen LogP contribution in [-0.4, -0.2) is 67.4 Å². The van der Waals surface area contributed by atoms with Crippen molar-refractivity contribution >= 4 is 11.8 Å². The molecule has 2 atom stereocenters. The number of morpholine rings is 1. The van der Waals surface area contributed by atoms with Crippen molar-refractivity contribution in [3.63, 3.8) is 0 Å². The molecule has 1 aliphatic carbocycles. The van der Waals surface area contributed by atoms with Crippen molar-refractivity contribution in [3.05, 3.63) is 29.3 Å². The molecule has 1 aromatic rings. The van der Waals surface area contributed by atoms with Crippen LogP contribution >= 0.6 is 0 Å². The molecule has 3 fully saturated rings. The highest BCUT2D eigenvalue weighted by atomic mass is 16.5. The average molecular weight is 429 g/mol. The second-order valence-electron chi connectivity index (χ2n) is 9.49. The highest BCUT2D eigenvalue weighted by Crippen LogP contribution is 2.41. The molecule has 2 amide bonds. The van der Waals surface area contributed by atoms with Gasteiger partial charge in [0.15, 0.2) is 6.61 Å². The molecule has 0 unspecified atom stereocenters. The average Bonchev–Trinajstić information content (AvgIpc) is 2.78. The summed E-state index contributed by atoms with van der Waals surface area (Å²) in [5.41, 5.74) is 1.88. The zero-order chi connectivity index (χ0) is 21.4. The van der Waals surface area contributed by atoms with Crippen LogP contribution in [-0.2, 0) is 19.1 Å². The van der Waals surface area contributed by atoms with E-state index in [-0.39, 0.29) is 37.2 Å². The molecule has 7 nitrogen and oxygen atoms in total. The number of benzene rings is 1. The van der Waals surface area contributed by atoms with Crippen LogP contribution in [0.4, 0.5) is 0 Å². The van der Waals surface area contributed by atoms with Crippen LogP contribution in [0.2, 0.25) is 0 Å². The van der Waals surface area contributed by atoms with Crippen LogP contribution in [0.5, 0.6) is 5.75 Å². The third-order valence-corrected chi connectivity index (χ3v) is 7.55. The Bertz CT molecular complexity index is 846. The summed E-state index contributed by atoms with van der Waals surface area (Å²) >= 11 is 0. The first-order chi connectivity index (χ1) is 15.1. The number of amides is 2. The summed E-state index contributed by atoms with van der Waals surface area (Å²) in [5, 5.41) is 3.16. The lowest BCUT2D eigenvalue weighted by atomic mass is 9.80. The fraction of sp³-hybridized carbons (Fsp3) is 0.667. The van der Waals surface area contributed by atoms with Gasteiger partial charge in [-0.25, -0.2) is 0 Å². The summed E-state index contributed by atoms with van der Waals surface area (Å²) in [5.74, 6) is 1.08. The minimum atomic E-state index is -0.588. The Labute approximate surface area is 183 Å². The monoisotopic (exact) mass is 428 g/mol. The van der Waals surface area contributed by atoms with Gasteiger partial charge in [0, 0.05) is 12.1 Å². The number of ether oxygens (including phenoxy) is 3. The van der Waals surface area contributed by atoms with Crippen molar-refractivity contribution in [1.82, 2.24) is 10.2 Å². The molecule has 1 spiro atoms. The second-order valence-corrected chi connectivity index (χ2v) is 9.49. The molecule has 7 heteroatoms. The van der Waals surface area contributed by atoms with E-state index in [4.69, 9.17) is 14.2 Å². The quantitative estimate of drug-likeness (QED) is 0.686. The van der Waals surface area contributed by atoms with Gasteiger partial charge in [-0.15, -0.1) is 0 Å². The Balaban J connectivity index is 1.47. The first kappa shape index (κ1) is 20.8. The van der Waals surface area contributed by atoms with E-state index in [1.165, 1.54) is 11.1 Å². The lowest BCUT2D eigenvalue weighted by Crippen LogP contribution is -2.72. The van der Waals surface area contributed by atoms with Gasteiger partial charge in [-0.2, -0.15) is 0 Å². The molecule has 1 saturated carbocycles. The lowest BCUT2D eigenvalue weighted by molar-refractivity contribution is -0.156. The van der Waals surface area contributed by atoms with Crippen molar-refractivity contribution in [3.8, 4) is 5.75 Å². The van der Waals surface area contributed by atoms with Gasteiger partial charge in [0.25, 0.3) is 5.91 Å². The van der Waals surface area contributed by atoms with E-state index in [0.717, 1.165) is 44.3 Å². The number of fused-ring (bicyclic) bond motifs is 5. The SMILES string of the molecule is Cc1cccc2c1[C@H]1CC[C@H](CC1)OC[C@@H]1N(CCC[C@@]13COCC(=O)N3)C(=O)CO2. The number of hydrogen-bond donors (Lipinski definition) is 1. The fourth-order valence-corrected chi connectivity index (χ4v) is 5.99. The van der Waals surface area contributed by atoms with Crippen LogP contribution in [0.25, 0.3) is 0 Å². The maximum absolute atomic E-state index is 13.3. The fourth-order valence-electron chi connectivity index (χ4n) is 5.99. The molecule has 4 aliphatic heterocycles. The zero-order valence-corrected chi connectivity index (χ0v) is 18.2. The summed E-state index contributed by atoms with van der Waals surface area (Å²) in [6.07, 6.45) is 5.88. The molecule has 1 aromatic carbocycles. The molecule has 0 aromatic heterocycles. The number of hydrogen-bond acceptors (Lipinski definition) is 5. The summed E-state index contributed by atoms with van der Waals surface area (Å²) in [4.78, 5) is 27.4. The number of rotatable bonds is 0. The summed E-state index contributed by atoms with van der Waals surface area (Å²) in [6, 6.07) is 5.86. The minimum Gasteiger partial charge on any atom is -0.483 e. The molecule has 5 aliphatic rings. The summed E-state index contributed by atoms with van der Waals surface area (Å²) in [6.45, 7) is 3.66. The number of carbonyl (C=O) groups is 2. The van der Waals surface area contributed by atoms with Gasteiger partial charge >= 0.3 is 0 Å². The van der Waals surface area contributed by atoms with Crippen molar-refractivity contribution < 1.29 is 23.8 Å². The third kappa shape index (κ3) is 3.94. The Hall–Kier alpha value is -2.12. The molecule has 1 N–H and O–H groups in total. The van der Waals surface area contributed by atoms with Crippen LogP contribution in [0.1, 0.15) is 55.6 Å². The Morgan fingerprint density at radius 1 is 1.13 bits per heavy atom. The van der Waals surface area contributed by atoms with E-state index in [2.05, 4.69) is 18.3 Å². The van der Waals surface area contributed by atoms with Gasteiger partial charge in [-0.05, 0) is 63.0 Å². The molecule has 31 heavy (non-hydrogen) atoms. The smallest absolute Gasteiger partial charge is 0.260 e. The molecule has 2 saturated heterocycles. The Kier molecular flexibility index (Phi) is 5.65. The maximum atomic E-state index is 13.3. The number of piperidine rings is 1. The van der Waals surface area contributed by atoms with Gasteiger partial charge < -0.3 is 24.4 Å². The molecule has 6 rings (SSSR count). The van der Waals surface area contributed by atoms with Gasteiger partial charge in [-0.3, -0.25) is 9.59 Å². The maximum Gasteiger partial charge on any atom is 0.260 e. The number of carbonyl (C=O) groups excluding carboxylic acids is 2. The van der Waals surface area contributed by atoms with Gasteiger partial charge in [0.05, 0.1) is 30.9 Å². The lowest BCUT2D eigenvalue weighted by Gasteiger charge is -2.51. The van der Waals surface area contributed by atoms with Crippen LogP contribution in [0.15, 0.2) is 18.2 Å². The van der Waals surface area contributed by atoms with Gasteiger partial charge in [0.2, 0.25) is 5.91 Å². The van der Waals surface area contributed by atoms with Crippen molar-refractivity contribution in [2.75, 3.05) is 33.0 Å². The minimum absolute atomic E-state index is 0.00597. The molecular formula is C24H32N2O5. The zero-order valence-electron chi connectivity index (χ0n) is 18.2. The largest absolute Gasteiger partial charge is 0.483 e. The van der Waals surface area contributed by atoms with E-state index in [0.29, 0.717) is 25.7 Å². The normalized spacial score (nSPS) is 34.0. The van der Waals surface area contributed by atoms with Crippen molar-refractivity contribution in [2.24, 2.45) is 0 Å². The Morgan fingerprint density at radius 3 is 2.77 bits per heavy atom. The molecule has 168 valence electrons. The highest BCUT2D eigenvalue weighted by Gasteiger charge is 2.49. The predicted octanol–water partition coefficient (Wildman–Crippen LogP) is 2.31. The number of nitrogens with zero attached hydrogens (tertiary/aromatic N) is 1. The molecule has 2 bridgehead atoms. The third-order valence-electron chi connectivity index (χ3n) is 7.55. The summed E-state index contributed by atoms with van der Waals surface area (Å²) in [7, 11) is 0.